The van der Waals surface area contributed by atoms with Gasteiger partial charge in [-0.3, -0.25) is 4.79 Å². The Morgan fingerprint density at radius 1 is 1.30 bits per heavy atom. The van der Waals surface area contributed by atoms with E-state index in [1.54, 1.807) is 12.1 Å². The molecule has 1 aromatic carbocycles. The first kappa shape index (κ1) is 13.1. The number of aryl methyl sites for hydroxylation is 1. The van der Waals surface area contributed by atoms with Gasteiger partial charge in [-0.1, -0.05) is 6.07 Å². The molecule has 1 aliphatic rings. The van der Waals surface area contributed by atoms with Crippen molar-refractivity contribution in [3.05, 3.63) is 53.0 Å². The molecular weight excluding hydrogens is 278 g/mol. The summed E-state index contributed by atoms with van der Waals surface area (Å²) in [6, 6.07) is 9.10. The van der Waals surface area contributed by atoms with Crippen molar-refractivity contribution in [3.8, 4) is 5.75 Å². The average molecular weight is 292 g/mol. The van der Waals surface area contributed by atoms with Crippen LogP contribution < -0.4 is 10.1 Å². The quantitative estimate of drug-likeness (QED) is 0.865. The van der Waals surface area contributed by atoms with E-state index in [0.717, 1.165) is 11.3 Å². The molecule has 0 spiro atoms. The fourth-order valence-corrected chi connectivity index (χ4v) is 2.44. The van der Waals surface area contributed by atoms with E-state index in [0.29, 0.717) is 30.2 Å². The van der Waals surface area contributed by atoms with Gasteiger partial charge in [-0.15, -0.1) is 11.6 Å². The third kappa shape index (κ3) is 2.39. The van der Waals surface area contributed by atoms with E-state index in [4.69, 9.17) is 20.8 Å². The molecule has 0 radical (unpaired) electrons. The predicted octanol–water partition coefficient (Wildman–Crippen LogP) is 3.04. The molecule has 104 valence electrons. The maximum atomic E-state index is 12.0. The van der Waals surface area contributed by atoms with Gasteiger partial charge in [0.1, 0.15) is 29.3 Å². The van der Waals surface area contributed by atoms with Crippen LogP contribution in [-0.2, 0) is 0 Å². The van der Waals surface area contributed by atoms with Crippen molar-refractivity contribution in [1.29, 1.82) is 0 Å². The number of furan rings is 1. The maximum absolute atomic E-state index is 12.0. The monoisotopic (exact) mass is 291 g/mol. The number of amides is 1. The number of hydrogen-bond donors (Lipinski definition) is 1. The minimum atomic E-state index is -0.426. The van der Waals surface area contributed by atoms with E-state index in [2.05, 4.69) is 5.32 Å². The molecule has 3 rings (SSSR count). The number of benzene rings is 1. The topological polar surface area (TPSA) is 51.5 Å². The zero-order chi connectivity index (χ0) is 14.1. The lowest BCUT2D eigenvalue weighted by atomic mass is 10.0. The summed E-state index contributed by atoms with van der Waals surface area (Å²) in [7, 11) is 0. The van der Waals surface area contributed by atoms with E-state index in [1.807, 2.05) is 25.1 Å². The van der Waals surface area contributed by atoms with Crippen molar-refractivity contribution in [1.82, 2.24) is 5.32 Å². The molecule has 1 atom stereocenters. The zero-order valence-corrected chi connectivity index (χ0v) is 11.7. The van der Waals surface area contributed by atoms with E-state index in [1.165, 1.54) is 0 Å². The Kier molecular flexibility index (Phi) is 3.40. The van der Waals surface area contributed by atoms with Gasteiger partial charge in [-0.25, -0.2) is 0 Å². The van der Waals surface area contributed by atoms with Crippen LogP contribution in [0.25, 0.3) is 0 Å². The van der Waals surface area contributed by atoms with Gasteiger partial charge in [0.15, 0.2) is 0 Å². The van der Waals surface area contributed by atoms with Crippen LogP contribution in [0, 0.1) is 6.92 Å². The summed E-state index contributed by atoms with van der Waals surface area (Å²) in [5.41, 5.74) is 1.31. The molecule has 2 aromatic rings. The molecule has 1 unspecified atom stereocenters. The van der Waals surface area contributed by atoms with Gasteiger partial charge < -0.3 is 14.5 Å². The highest BCUT2D eigenvalue weighted by molar-refractivity contribution is 6.22. The molecule has 0 bridgehead atoms. The minimum Gasteiger partial charge on any atom is -0.491 e. The number of alkyl halides is 1. The summed E-state index contributed by atoms with van der Waals surface area (Å²) >= 11 is 6.41. The smallest absolute Gasteiger partial charge is 0.255 e. The van der Waals surface area contributed by atoms with Gasteiger partial charge in [0.2, 0.25) is 0 Å². The Bertz CT molecular complexity index is 650. The van der Waals surface area contributed by atoms with Crippen LogP contribution >= 0.6 is 11.6 Å². The highest BCUT2D eigenvalue weighted by Crippen LogP contribution is 2.33. The molecule has 1 aromatic heterocycles. The minimum absolute atomic E-state index is 0.140. The second-order valence-corrected chi connectivity index (χ2v) is 5.11. The molecule has 1 amide bonds. The second kappa shape index (κ2) is 5.21. The largest absolute Gasteiger partial charge is 0.491 e. The van der Waals surface area contributed by atoms with Crippen LogP contribution in [0.3, 0.4) is 0 Å². The number of rotatable bonds is 2. The first-order valence-electron chi connectivity index (χ1n) is 6.40. The van der Waals surface area contributed by atoms with E-state index < -0.39 is 5.38 Å². The van der Waals surface area contributed by atoms with Crippen molar-refractivity contribution in [3.63, 3.8) is 0 Å². The van der Waals surface area contributed by atoms with Crippen molar-refractivity contribution >= 4 is 17.5 Å². The van der Waals surface area contributed by atoms with Gasteiger partial charge >= 0.3 is 0 Å². The highest BCUT2D eigenvalue weighted by atomic mass is 35.5. The predicted molar refractivity (Wildman–Crippen MR) is 75.4 cm³/mol. The third-order valence-electron chi connectivity index (χ3n) is 3.20. The molecule has 0 aliphatic carbocycles. The molecule has 0 saturated carbocycles. The van der Waals surface area contributed by atoms with Gasteiger partial charge in [-0.05, 0) is 36.8 Å². The Morgan fingerprint density at radius 2 is 2.15 bits per heavy atom. The molecule has 5 heteroatoms. The summed E-state index contributed by atoms with van der Waals surface area (Å²) in [4.78, 5) is 12.0. The average Bonchev–Trinajstić information content (AvgIpc) is 2.80. The molecule has 1 N–H and O–H groups in total. The molecule has 20 heavy (non-hydrogen) atoms. The third-order valence-corrected chi connectivity index (χ3v) is 3.66. The van der Waals surface area contributed by atoms with Crippen LogP contribution in [0.15, 0.2) is 34.7 Å². The summed E-state index contributed by atoms with van der Waals surface area (Å²) < 4.78 is 11.0. The number of ether oxygens (including phenoxy) is 1. The van der Waals surface area contributed by atoms with Crippen LogP contribution in [0.1, 0.15) is 32.8 Å². The first-order chi connectivity index (χ1) is 9.65. The molecule has 4 nitrogen and oxygen atoms in total. The van der Waals surface area contributed by atoms with Gasteiger partial charge in [0.25, 0.3) is 5.91 Å². The summed E-state index contributed by atoms with van der Waals surface area (Å²) in [5, 5.41) is 2.35. The van der Waals surface area contributed by atoms with Crippen LogP contribution in [0.5, 0.6) is 5.75 Å². The summed E-state index contributed by atoms with van der Waals surface area (Å²) in [5.74, 6) is 1.92. The molecular formula is C15H14ClNO3. The number of halogens is 1. The Hall–Kier alpha value is -1.94. The van der Waals surface area contributed by atoms with Crippen LogP contribution in [0.2, 0.25) is 0 Å². The Labute approximate surface area is 121 Å². The fraction of sp³-hybridized carbons (Fsp3) is 0.267. The summed E-state index contributed by atoms with van der Waals surface area (Å²) in [6.07, 6.45) is 0. The lowest BCUT2D eigenvalue weighted by Crippen LogP contribution is -2.24. The van der Waals surface area contributed by atoms with Gasteiger partial charge in [0.05, 0.1) is 12.1 Å². The van der Waals surface area contributed by atoms with Gasteiger partial charge in [0, 0.05) is 0 Å². The van der Waals surface area contributed by atoms with Crippen molar-refractivity contribution in [2.24, 2.45) is 0 Å². The molecule has 0 fully saturated rings. The molecule has 1 aliphatic heterocycles. The van der Waals surface area contributed by atoms with Crippen molar-refractivity contribution in [2.75, 3.05) is 13.2 Å². The highest BCUT2D eigenvalue weighted by Gasteiger charge is 2.21. The standard InChI is InChI=1S/C15H14ClNO3/c1-9-2-4-13(20-9)14(16)10-3-5-12-11(8-10)15(18)17-6-7-19-12/h2-5,8,14H,6-7H2,1H3,(H,17,18). The molecule has 2 heterocycles. The Balaban J connectivity index is 1.97. The maximum Gasteiger partial charge on any atom is 0.255 e. The van der Waals surface area contributed by atoms with Crippen molar-refractivity contribution in [2.45, 2.75) is 12.3 Å². The second-order valence-electron chi connectivity index (χ2n) is 4.67. The lowest BCUT2D eigenvalue weighted by molar-refractivity contribution is 0.0957. The number of carbonyl (C=O) groups excluding carboxylic acids is 1. The SMILES string of the molecule is Cc1ccc(C(Cl)c2ccc3c(c2)C(=O)NCCO3)o1. The normalized spacial score (nSPS) is 15.8. The zero-order valence-electron chi connectivity index (χ0n) is 11.0. The van der Waals surface area contributed by atoms with E-state index >= 15 is 0 Å². The summed E-state index contributed by atoms with van der Waals surface area (Å²) in [6.45, 7) is 2.84. The van der Waals surface area contributed by atoms with Crippen LogP contribution in [-0.4, -0.2) is 19.1 Å². The van der Waals surface area contributed by atoms with E-state index in [9.17, 15) is 4.79 Å². The number of nitrogens with one attached hydrogen (secondary N) is 1. The number of fused-ring (bicyclic) bond motifs is 1. The fourth-order valence-electron chi connectivity index (χ4n) is 2.18. The molecule has 0 saturated heterocycles. The van der Waals surface area contributed by atoms with Gasteiger partial charge in [-0.2, -0.15) is 0 Å². The first-order valence-corrected chi connectivity index (χ1v) is 6.84. The van der Waals surface area contributed by atoms with E-state index in [-0.39, 0.29) is 5.91 Å². The number of hydrogen-bond acceptors (Lipinski definition) is 3. The Morgan fingerprint density at radius 3 is 2.90 bits per heavy atom. The lowest BCUT2D eigenvalue weighted by Gasteiger charge is -2.11. The van der Waals surface area contributed by atoms with Crippen LogP contribution in [0.4, 0.5) is 0 Å². The van der Waals surface area contributed by atoms with Crippen molar-refractivity contribution < 1.29 is 13.9 Å². The number of carbonyl (C=O) groups is 1.